The largest absolute Gasteiger partial charge is 0.509 e. The Morgan fingerprint density at radius 1 is 1.79 bits per heavy atom. The average molecular weight is 197 g/mol. The van der Waals surface area contributed by atoms with Gasteiger partial charge < -0.3 is 14.2 Å². The molecule has 76 valence electrons. The molecular weight excluding hydrogens is 186 g/mol. The summed E-state index contributed by atoms with van der Waals surface area (Å²) < 4.78 is 14.5. The van der Waals surface area contributed by atoms with Crippen LogP contribution >= 0.6 is 0 Å². The van der Waals surface area contributed by atoms with E-state index < -0.39 is 12.3 Å². The monoisotopic (exact) mass is 197 g/mol. The molecule has 0 aromatic carbocycles. The molecule has 0 saturated carbocycles. The van der Waals surface area contributed by atoms with Crippen molar-refractivity contribution in [3.05, 3.63) is 12.3 Å². The van der Waals surface area contributed by atoms with Crippen LogP contribution in [-0.2, 0) is 14.2 Å². The SMILES string of the molecule is C=C(OCCCC#N)C1COC(=O)O1. The predicted molar refractivity (Wildman–Crippen MR) is 46.2 cm³/mol. The summed E-state index contributed by atoms with van der Waals surface area (Å²) >= 11 is 0. The third-order valence-electron chi connectivity index (χ3n) is 1.67. The highest BCUT2D eigenvalue weighted by Gasteiger charge is 2.28. The summed E-state index contributed by atoms with van der Waals surface area (Å²) in [6.45, 7) is 4.16. The van der Waals surface area contributed by atoms with Crippen LogP contribution in [0.4, 0.5) is 4.79 Å². The second-order valence-electron chi connectivity index (χ2n) is 2.74. The predicted octanol–water partition coefficient (Wildman–Crippen LogP) is 1.36. The Kier molecular flexibility index (Phi) is 3.80. The normalized spacial score (nSPS) is 19.4. The van der Waals surface area contributed by atoms with Gasteiger partial charge in [-0.25, -0.2) is 4.79 Å². The first-order valence-corrected chi connectivity index (χ1v) is 4.26. The Labute approximate surface area is 81.9 Å². The van der Waals surface area contributed by atoms with Crippen LogP contribution < -0.4 is 0 Å². The van der Waals surface area contributed by atoms with E-state index in [0.717, 1.165) is 0 Å². The number of carbonyl (C=O) groups is 1. The minimum absolute atomic E-state index is 0.149. The van der Waals surface area contributed by atoms with E-state index in [9.17, 15) is 4.79 Å². The van der Waals surface area contributed by atoms with Crippen LogP contribution in [0.15, 0.2) is 12.3 Å². The number of rotatable bonds is 5. The number of unbranched alkanes of at least 4 members (excludes halogenated alkanes) is 1. The van der Waals surface area contributed by atoms with E-state index in [1.165, 1.54) is 0 Å². The van der Waals surface area contributed by atoms with Crippen LogP contribution in [0.25, 0.3) is 0 Å². The van der Waals surface area contributed by atoms with Crippen molar-refractivity contribution in [2.45, 2.75) is 18.9 Å². The number of nitrogens with zero attached hydrogens (tertiary/aromatic N) is 1. The quantitative estimate of drug-likeness (QED) is 0.378. The van der Waals surface area contributed by atoms with Gasteiger partial charge in [-0.05, 0) is 6.42 Å². The topological polar surface area (TPSA) is 68.5 Å². The Hall–Kier alpha value is -1.70. The van der Waals surface area contributed by atoms with E-state index in [2.05, 4.69) is 11.3 Å². The summed E-state index contributed by atoms with van der Waals surface area (Å²) in [5, 5.41) is 8.26. The average Bonchev–Trinajstić information content (AvgIpc) is 2.59. The highest BCUT2D eigenvalue weighted by atomic mass is 16.8. The summed E-state index contributed by atoms with van der Waals surface area (Å²) in [4.78, 5) is 10.6. The van der Waals surface area contributed by atoms with Crippen molar-refractivity contribution in [3.63, 3.8) is 0 Å². The van der Waals surface area contributed by atoms with E-state index >= 15 is 0 Å². The summed E-state index contributed by atoms with van der Waals surface area (Å²) in [7, 11) is 0. The van der Waals surface area contributed by atoms with Gasteiger partial charge in [-0.3, -0.25) is 0 Å². The van der Waals surface area contributed by atoms with Crippen molar-refractivity contribution in [1.82, 2.24) is 0 Å². The van der Waals surface area contributed by atoms with Crippen LogP contribution in [0, 0.1) is 11.3 Å². The highest BCUT2D eigenvalue weighted by molar-refractivity contribution is 5.62. The zero-order valence-corrected chi connectivity index (χ0v) is 7.69. The molecule has 0 aromatic rings. The standard InChI is InChI=1S/C9H11NO4/c1-7(12-5-3-2-4-10)8-6-13-9(11)14-8/h8H,1-3,5-6H2. The number of ether oxygens (including phenoxy) is 3. The third kappa shape index (κ3) is 2.98. The van der Waals surface area contributed by atoms with Gasteiger partial charge in [-0.15, -0.1) is 0 Å². The molecule has 14 heavy (non-hydrogen) atoms. The van der Waals surface area contributed by atoms with Gasteiger partial charge in [-0.1, -0.05) is 6.58 Å². The molecule has 0 spiro atoms. The third-order valence-corrected chi connectivity index (χ3v) is 1.67. The molecule has 1 unspecified atom stereocenters. The van der Waals surface area contributed by atoms with Crippen molar-refractivity contribution in [1.29, 1.82) is 5.26 Å². The van der Waals surface area contributed by atoms with Gasteiger partial charge >= 0.3 is 6.16 Å². The Balaban J connectivity index is 2.16. The minimum Gasteiger partial charge on any atom is -0.494 e. The first-order chi connectivity index (χ1) is 6.74. The summed E-state index contributed by atoms with van der Waals surface area (Å²) in [5.74, 6) is 0.369. The number of cyclic esters (lactones) is 2. The van der Waals surface area contributed by atoms with Crippen LogP contribution in [0.3, 0.4) is 0 Å². The summed E-state index contributed by atoms with van der Waals surface area (Å²) in [5.41, 5.74) is 0. The van der Waals surface area contributed by atoms with E-state index in [-0.39, 0.29) is 6.61 Å². The summed E-state index contributed by atoms with van der Waals surface area (Å²) in [6, 6.07) is 2.00. The maximum Gasteiger partial charge on any atom is 0.509 e. The molecule has 1 rings (SSSR count). The van der Waals surface area contributed by atoms with Crippen molar-refractivity contribution < 1.29 is 19.0 Å². The van der Waals surface area contributed by atoms with E-state index in [1.54, 1.807) is 0 Å². The molecule has 0 radical (unpaired) electrons. The van der Waals surface area contributed by atoms with Crippen molar-refractivity contribution in [3.8, 4) is 6.07 Å². The van der Waals surface area contributed by atoms with Gasteiger partial charge in [0.2, 0.25) is 0 Å². The van der Waals surface area contributed by atoms with E-state index in [4.69, 9.17) is 14.7 Å². The molecule has 5 heteroatoms. The zero-order valence-electron chi connectivity index (χ0n) is 7.69. The van der Waals surface area contributed by atoms with Gasteiger partial charge in [0.15, 0.2) is 6.10 Å². The molecule has 0 bridgehead atoms. The zero-order chi connectivity index (χ0) is 10.4. The minimum atomic E-state index is -0.697. The molecule has 1 saturated heterocycles. The fraction of sp³-hybridized carbons (Fsp3) is 0.556. The van der Waals surface area contributed by atoms with Gasteiger partial charge in [0.1, 0.15) is 12.4 Å². The lowest BCUT2D eigenvalue weighted by Crippen LogP contribution is -2.15. The Bertz CT molecular complexity index is 268. The fourth-order valence-electron chi connectivity index (χ4n) is 0.934. The van der Waals surface area contributed by atoms with Crippen LogP contribution in [0.5, 0.6) is 0 Å². The van der Waals surface area contributed by atoms with E-state index in [1.807, 2.05) is 6.07 Å². The molecule has 1 aliphatic rings. The van der Waals surface area contributed by atoms with E-state index in [0.29, 0.717) is 25.2 Å². The van der Waals surface area contributed by atoms with Crippen molar-refractivity contribution >= 4 is 6.16 Å². The van der Waals surface area contributed by atoms with Crippen molar-refractivity contribution in [2.24, 2.45) is 0 Å². The Morgan fingerprint density at radius 2 is 2.57 bits per heavy atom. The molecule has 1 heterocycles. The second kappa shape index (κ2) is 5.12. The Morgan fingerprint density at radius 3 is 3.14 bits per heavy atom. The number of carbonyl (C=O) groups excluding carboxylic acids is 1. The molecule has 0 aromatic heterocycles. The molecule has 0 N–H and O–H groups in total. The van der Waals surface area contributed by atoms with Gasteiger partial charge in [0.25, 0.3) is 0 Å². The fourth-order valence-corrected chi connectivity index (χ4v) is 0.934. The van der Waals surface area contributed by atoms with Gasteiger partial charge in [0, 0.05) is 6.42 Å². The van der Waals surface area contributed by atoms with Crippen LogP contribution in [-0.4, -0.2) is 25.5 Å². The summed E-state index contributed by atoms with van der Waals surface area (Å²) in [6.07, 6.45) is -0.132. The van der Waals surface area contributed by atoms with Crippen molar-refractivity contribution in [2.75, 3.05) is 13.2 Å². The number of nitriles is 1. The highest BCUT2D eigenvalue weighted by Crippen LogP contribution is 2.14. The second-order valence-corrected chi connectivity index (χ2v) is 2.74. The maximum atomic E-state index is 10.6. The smallest absolute Gasteiger partial charge is 0.494 e. The molecule has 0 aliphatic carbocycles. The first-order valence-electron chi connectivity index (χ1n) is 4.26. The molecule has 0 amide bonds. The lowest BCUT2D eigenvalue weighted by atomic mass is 10.3. The van der Waals surface area contributed by atoms with Gasteiger partial charge in [0.05, 0.1) is 12.7 Å². The molecule has 1 fully saturated rings. The van der Waals surface area contributed by atoms with Crippen LogP contribution in [0.1, 0.15) is 12.8 Å². The lowest BCUT2D eigenvalue weighted by Gasteiger charge is -2.11. The maximum absolute atomic E-state index is 10.6. The van der Waals surface area contributed by atoms with Gasteiger partial charge in [-0.2, -0.15) is 5.26 Å². The molecule has 1 atom stereocenters. The molecule has 5 nitrogen and oxygen atoms in total. The number of hydrogen-bond acceptors (Lipinski definition) is 5. The lowest BCUT2D eigenvalue weighted by molar-refractivity contribution is 0.0966. The first kappa shape index (κ1) is 10.4. The molecule has 1 aliphatic heterocycles. The van der Waals surface area contributed by atoms with Crippen LogP contribution in [0.2, 0.25) is 0 Å². The molecular formula is C9H11NO4. The number of hydrogen-bond donors (Lipinski definition) is 0.